The van der Waals surface area contributed by atoms with Crippen LogP contribution in [0.1, 0.15) is 24.5 Å². The molecule has 0 bridgehead atoms. The maximum absolute atomic E-state index is 12.9. The van der Waals surface area contributed by atoms with Gasteiger partial charge in [0.25, 0.3) is 0 Å². The van der Waals surface area contributed by atoms with E-state index in [0.29, 0.717) is 18.9 Å². The molecule has 1 fully saturated rings. The van der Waals surface area contributed by atoms with Crippen molar-refractivity contribution in [1.29, 1.82) is 0 Å². The third-order valence-corrected chi connectivity index (χ3v) is 6.33. The average molecular weight is 370 g/mol. The molecule has 1 atom stereocenters. The predicted octanol–water partition coefficient (Wildman–Crippen LogP) is 1.63. The van der Waals surface area contributed by atoms with Gasteiger partial charge in [-0.1, -0.05) is 0 Å². The first-order valence-electron chi connectivity index (χ1n) is 8.35. The molecular weight excluding hydrogens is 352 g/mol. The number of imidazole rings is 1. The SMILES string of the molecule is O=S(=O)(c1cccnc1)N1CCC[C@@H](c2cncc(-n3ccnc3)n2)C1. The molecule has 0 aromatic carbocycles. The molecule has 1 aliphatic heterocycles. The van der Waals surface area contributed by atoms with Crippen LogP contribution < -0.4 is 0 Å². The summed E-state index contributed by atoms with van der Waals surface area (Å²) < 4.78 is 29.0. The van der Waals surface area contributed by atoms with Gasteiger partial charge < -0.3 is 0 Å². The Morgan fingerprint density at radius 1 is 1.08 bits per heavy atom. The second-order valence-electron chi connectivity index (χ2n) is 6.16. The van der Waals surface area contributed by atoms with Crippen LogP contribution in [0, 0.1) is 0 Å². The first-order valence-corrected chi connectivity index (χ1v) is 9.79. The van der Waals surface area contributed by atoms with E-state index in [1.807, 2.05) is 0 Å². The van der Waals surface area contributed by atoms with E-state index in [0.717, 1.165) is 18.5 Å². The van der Waals surface area contributed by atoms with E-state index in [-0.39, 0.29) is 10.8 Å². The van der Waals surface area contributed by atoms with Crippen molar-refractivity contribution >= 4 is 10.0 Å². The summed E-state index contributed by atoms with van der Waals surface area (Å²) in [6.07, 6.45) is 13.1. The average Bonchev–Trinajstić information content (AvgIpc) is 3.24. The summed E-state index contributed by atoms with van der Waals surface area (Å²) in [7, 11) is -3.55. The maximum atomic E-state index is 12.9. The highest BCUT2D eigenvalue weighted by molar-refractivity contribution is 7.89. The first-order chi connectivity index (χ1) is 12.6. The van der Waals surface area contributed by atoms with Crippen LogP contribution in [0.5, 0.6) is 0 Å². The summed E-state index contributed by atoms with van der Waals surface area (Å²) in [4.78, 5) is 17.1. The van der Waals surface area contributed by atoms with Gasteiger partial charge in [0.15, 0.2) is 5.82 Å². The Kier molecular flexibility index (Phi) is 4.48. The van der Waals surface area contributed by atoms with Gasteiger partial charge in [0.2, 0.25) is 10.0 Å². The third-order valence-electron chi connectivity index (χ3n) is 4.48. The zero-order valence-electron chi connectivity index (χ0n) is 14.0. The molecule has 1 aliphatic rings. The molecule has 134 valence electrons. The van der Waals surface area contributed by atoms with Gasteiger partial charge in [0.1, 0.15) is 11.2 Å². The predicted molar refractivity (Wildman–Crippen MR) is 94.1 cm³/mol. The van der Waals surface area contributed by atoms with E-state index in [1.54, 1.807) is 54.0 Å². The quantitative estimate of drug-likeness (QED) is 0.693. The van der Waals surface area contributed by atoms with Gasteiger partial charge >= 0.3 is 0 Å². The highest BCUT2D eigenvalue weighted by atomic mass is 32.2. The molecule has 0 spiro atoms. The van der Waals surface area contributed by atoms with Crippen LogP contribution in [0.4, 0.5) is 0 Å². The summed E-state index contributed by atoms with van der Waals surface area (Å²) in [6.45, 7) is 0.891. The smallest absolute Gasteiger partial charge is 0.244 e. The highest BCUT2D eigenvalue weighted by Crippen LogP contribution is 2.29. The Bertz CT molecular complexity index is 976. The minimum absolute atomic E-state index is 0.00571. The number of sulfonamides is 1. The summed E-state index contributed by atoms with van der Waals surface area (Å²) in [5, 5.41) is 0. The lowest BCUT2D eigenvalue weighted by Gasteiger charge is -2.31. The summed E-state index contributed by atoms with van der Waals surface area (Å²) in [5.41, 5.74) is 0.794. The number of hydrogen-bond acceptors (Lipinski definition) is 6. The molecule has 4 heterocycles. The van der Waals surface area contributed by atoms with Crippen molar-refractivity contribution in [2.45, 2.75) is 23.7 Å². The largest absolute Gasteiger partial charge is 0.289 e. The second-order valence-corrected chi connectivity index (χ2v) is 8.10. The Hall–Kier alpha value is -2.65. The zero-order valence-corrected chi connectivity index (χ0v) is 14.8. The normalized spacial score (nSPS) is 18.7. The third kappa shape index (κ3) is 3.23. The van der Waals surface area contributed by atoms with Crippen LogP contribution in [0.3, 0.4) is 0 Å². The van der Waals surface area contributed by atoms with E-state index in [4.69, 9.17) is 0 Å². The number of rotatable bonds is 4. The molecule has 3 aromatic heterocycles. The van der Waals surface area contributed by atoms with Gasteiger partial charge in [0.05, 0.1) is 11.9 Å². The molecule has 0 amide bonds. The lowest BCUT2D eigenvalue weighted by atomic mass is 9.96. The van der Waals surface area contributed by atoms with Crippen LogP contribution in [0.2, 0.25) is 0 Å². The van der Waals surface area contributed by atoms with E-state index < -0.39 is 10.0 Å². The van der Waals surface area contributed by atoms with Crippen molar-refractivity contribution in [3.8, 4) is 5.82 Å². The van der Waals surface area contributed by atoms with Gasteiger partial charge in [-0.2, -0.15) is 4.31 Å². The maximum Gasteiger partial charge on any atom is 0.244 e. The van der Waals surface area contributed by atoms with Gasteiger partial charge in [-0.3, -0.25) is 14.5 Å². The molecule has 1 saturated heterocycles. The van der Waals surface area contributed by atoms with Crippen molar-refractivity contribution < 1.29 is 8.42 Å². The minimum Gasteiger partial charge on any atom is -0.289 e. The molecule has 0 unspecified atom stereocenters. The Morgan fingerprint density at radius 3 is 2.77 bits per heavy atom. The molecule has 8 nitrogen and oxygen atoms in total. The molecule has 9 heteroatoms. The number of hydrogen-bond donors (Lipinski definition) is 0. The lowest BCUT2D eigenvalue weighted by Crippen LogP contribution is -2.39. The van der Waals surface area contributed by atoms with Crippen LogP contribution in [-0.4, -0.2) is 50.3 Å². The van der Waals surface area contributed by atoms with Crippen molar-refractivity contribution in [1.82, 2.24) is 28.8 Å². The first kappa shape index (κ1) is 16.8. The van der Waals surface area contributed by atoms with Crippen molar-refractivity contribution in [2.24, 2.45) is 0 Å². The number of aromatic nitrogens is 5. The fourth-order valence-corrected chi connectivity index (χ4v) is 4.63. The van der Waals surface area contributed by atoms with Crippen molar-refractivity contribution in [3.63, 3.8) is 0 Å². The number of piperidine rings is 1. The second kappa shape index (κ2) is 6.93. The standard InChI is InChI=1S/C17H18N6O2S/c24-26(25,15-4-1-5-18-9-15)23-7-2-3-14(12-23)16-10-20-11-17(21-16)22-8-6-19-13-22/h1,4-6,8-11,13-14H,2-3,7,12H2/t14-/m1/s1. The monoisotopic (exact) mass is 370 g/mol. The molecule has 4 rings (SSSR count). The van der Waals surface area contributed by atoms with Crippen LogP contribution in [-0.2, 0) is 10.0 Å². The van der Waals surface area contributed by atoms with Crippen molar-refractivity contribution in [2.75, 3.05) is 13.1 Å². The number of pyridine rings is 1. The molecular formula is C17H18N6O2S. The van der Waals surface area contributed by atoms with E-state index >= 15 is 0 Å². The van der Waals surface area contributed by atoms with E-state index in [2.05, 4.69) is 19.9 Å². The summed E-state index contributed by atoms with van der Waals surface area (Å²) in [6, 6.07) is 3.21. The fourth-order valence-electron chi connectivity index (χ4n) is 3.14. The molecule has 0 aliphatic carbocycles. The highest BCUT2D eigenvalue weighted by Gasteiger charge is 2.31. The Balaban J connectivity index is 1.59. The zero-order chi connectivity index (χ0) is 18.0. The summed E-state index contributed by atoms with van der Waals surface area (Å²) >= 11 is 0. The van der Waals surface area contributed by atoms with Crippen LogP contribution in [0.25, 0.3) is 5.82 Å². The molecule has 0 N–H and O–H groups in total. The van der Waals surface area contributed by atoms with Gasteiger partial charge in [-0.15, -0.1) is 0 Å². The van der Waals surface area contributed by atoms with E-state index in [9.17, 15) is 8.42 Å². The van der Waals surface area contributed by atoms with Gasteiger partial charge in [-0.05, 0) is 25.0 Å². The molecule has 3 aromatic rings. The molecule has 0 saturated carbocycles. The van der Waals surface area contributed by atoms with Crippen LogP contribution >= 0.6 is 0 Å². The van der Waals surface area contributed by atoms with E-state index in [1.165, 1.54) is 10.5 Å². The Labute approximate surface area is 151 Å². The Morgan fingerprint density at radius 2 is 2.00 bits per heavy atom. The minimum atomic E-state index is -3.55. The van der Waals surface area contributed by atoms with Crippen molar-refractivity contribution in [3.05, 3.63) is 61.3 Å². The van der Waals surface area contributed by atoms with Gasteiger partial charge in [-0.25, -0.2) is 18.4 Å². The van der Waals surface area contributed by atoms with Crippen LogP contribution in [0.15, 0.2) is 60.5 Å². The molecule has 26 heavy (non-hydrogen) atoms. The van der Waals surface area contributed by atoms with Gasteiger partial charge in [0, 0.05) is 50.0 Å². The fraction of sp³-hybridized carbons (Fsp3) is 0.294. The topological polar surface area (TPSA) is 93.9 Å². The molecule has 0 radical (unpaired) electrons. The summed E-state index contributed by atoms with van der Waals surface area (Å²) in [5.74, 6) is 0.679. The lowest BCUT2D eigenvalue weighted by molar-refractivity contribution is 0.312. The number of nitrogens with zero attached hydrogens (tertiary/aromatic N) is 6.